The highest BCUT2D eigenvalue weighted by Gasteiger charge is 2.03. The first-order chi connectivity index (χ1) is 8.83. The van der Waals surface area contributed by atoms with Crippen molar-refractivity contribution < 1.29 is 4.74 Å². The Morgan fingerprint density at radius 3 is 3.11 bits per heavy atom. The molecule has 0 radical (unpaired) electrons. The molecular weight excluding hydrogens is 226 g/mol. The number of aromatic nitrogens is 2. The van der Waals surface area contributed by atoms with Crippen LogP contribution in [0.25, 0.3) is 11.0 Å². The quantitative estimate of drug-likeness (QED) is 0.792. The van der Waals surface area contributed by atoms with Crippen molar-refractivity contribution in [3.05, 3.63) is 24.0 Å². The maximum absolute atomic E-state index is 8.44. The van der Waals surface area contributed by atoms with Crippen LogP contribution in [0.2, 0.25) is 0 Å². The van der Waals surface area contributed by atoms with E-state index in [0.29, 0.717) is 13.0 Å². The Bertz CT molecular complexity index is 554. The summed E-state index contributed by atoms with van der Waals surface area (Å²) in [6.45, 7) is 2.71. The lowest BCUT2D eigenvalue weighted by atomic mass is 10.3. The number of aromatic amines is 1. The van der Waals surface area contributed by atoms with Gasteiger partial charge in [-0.1, -0.05) is 6.92 Å². The van der Waals surface area contributed by atoms with Gasteiger partial charge in [0.15, 0.2) is 0 Å². The molecule has 0 saturated carbocycles. The van der Waals surface area contributed by atoms with E-state index in [1.54, 1.807) is 0 Å². The molecule has 2 aromatic rings. The van der Waals surface area contributed by atoms with Crippen molar-refractivity contribution in [2.75, 3.05) is 6.61 Å². The van der Waals surface area contributed by atoms with Gasteiger partial charge >= 0.3 is 0 Å². The molecule has 1 aromatic heterocycles. The summed E-state index contributed by atoms with van der Waals surface area (Å²) in [5.74, 6) is 1.85. The molecule has 1 heterocycles. The van der Waals surface area contributed by atoms with Crippen LogP contribution in [0.15, 0.2) is 18.2 Å². The van der Waals surface area contributed by atoms with Gasteiger partial charge in [0.2, 0.25) is 0 Å². The van der Waals surface area contributed by atoms with E-state index in [1.165, 1.54) is 0 Å². The minimum absolute atomic E-state index is 0.535. The Labute approximate surface area is 107 Å². The molecule has 0 fully saturated rings. The summed E-state index contributed by atoms with van der Waals surface area (Å²) in [6, 6.07) is 7.96. The van der Waals surface area contributed by atoms with E-state index in [9.17, 15) is 0 Å². The van der Waals surface area contributed by atoms with Gasteiger partial charge in [0.05, 0.1) is 23.7 Å². The lowest BCUT2D eigenvalue weighted by Gasteiger charge is -2.03. The van der Waals surface area contributed by atoms with E-state index in [1.807, 2.05) is 18.2 Å². The third-order valence-electron chi connectivity index (χ3n) is 2.69. The molecule has 0 bridgehead atoms. The van der Waals surface area contributed by atoms with Gasteiger partial charge in [0.25, 0.3) is 0 Å². The Kier molecular flexibility index (Phi) is 4.19. The minimum Gasteiger partial charge on any atom is -0.493 e. The average Bonchev–Trinajstić information content (AvgIpc) is 2.76. The Morgan fingerprint density at radius 1 is 1.44 bits per heavy atom. The first-order valence-electron chi connectivity index (χ1n) is 6.32. The second-order valence-corrected chi connectivity index (χ2v) is 4.22. The van der Waals surface area contributed by atoms with Crippen LogP contribution in [0.4, 0.5) is 0 Å². The van der Waals surface area contributed by atoms with Crippen LogP contribution in [-0.4, -0.2) is 16.6 Å². The van der Waals surface area contributed by atoms with E-state index in [2.05, 4.69) is 23.0 Å². The van der Waals surface area contributed by atoms with Crippen LogP contribution in [0.5, 0.6) is 5.75 Å². The summed E-state index contributed by atoms with van der Waals surface area (Å²) in [4.78, 5) is 7.79. The summed E-state index contributed by atoms with van der Waals surface area (Å²) >= 11 is 0. The summed E-state index contributed by atoms with van der Waals surface area (Å²) in [6.07, 6.45) is 3.34. The van der Waals surface area contributed by atoms with Gasteiger partial charge in [-0.3, -0.25) is 0 Å². The van der Waals surface area contributed by atoms with Crippen LogP contribution in [0, 0.1) is 11.3 Å². The molecule has 1 aromatic carbocycles. The largest absolute Gasteiger partial charge is 0.493 e. The number of aryl methyl sites for hydroxylation is 1. The predicted molar refractivity (Wildman–Crippen MR) is 70.4 cm³/mol. The second kappa shape index (κ2) is 6.06. The zero-order valence-electron chi connectivity index (χ0n) is 10.6. The highest BCUT2D eigenvalue weighted by atomic mass is 16.5. The van der Waals surface area contributed by atoms with Crippen molar-refractivity contribution in [1.29, 1.82) is 5.26 Å². The molecule has 94 valence electrons. The number of rotatable bonds is 6. The number of ether oxygens (including phenoxy) is 1. The molecule has 0 atom stereocenters. The van der Waals surface area contributed by atoms with Gasteiger partial charge in [-0.25, -0.2) is 4.98 Å². The SMILES string of the molecule is CCCc1nc2ccc(OCCCC#N)cc2[nH]1. The Hall–Kier alpha value is -2.02. The molecule has 0 saturated heterocycles. The molecule has 0 amide bonds. The lowest BCUT2D eigenvalue weighted by Crippen LogP contribution is -1.96. The Balaban J connectivity index is 2.05. The summed E-state index contributed by atoms with van der Waals surface area (Å²) in [7, 11) is 0. The maximum Gasteiger partial charge on any atom is 0.121 e. The standard InChI is InChI=1S/C14H17N3O/c1-2-5-14-16-12-7-6-11(10-13(12)17-14)18-9-4-3-8-15/h6-7,10H,2-5,9H2,1H3,(H,16,17). The Morgan fingerprint density at radius 2 is 2.33 bits per heavy atom. The third kappa shape index (κ3) is 3.01. The fourth-order valence-corrected chi connectivity index (χ4v) is 1.83. The first-order valence-corrected chi connectivity index (χ1v) is 6.32. The smallest absolute Gasteiger partial charge is 0.121 e. The third-order valence-corrected chi connectivity index (χ3v) is 2.69. The molecule has 18 heavy (non-hydrogen) atoms. The molecule has 0 aliphatic carbocycles. The second-order valence-electron chi connectivity index (χ2n) is 4.22. The van der Waals surface area contributed by atoms with Crippen LogP contribution < -0.4 is 4.74 Å². The molecule has 0 aliphatic heterocycles. The van der Waals surface area contributed by atoms with Crippen molar-refractivity contribution >= 4 is 11.0 Å². The highest BCUT2D eigenvalue weighted by Crippen LogP contribution is 2.19. The fraction of sp³-hybridized carbons (Fsp3) is 0.429. The average molecular weight is 243 g/mol. The number of fused-ring (bicyclic) bond motifs is 1. The van der Waals surface area contributed by atoms with E-state index < -0.39 is 0 Å². The van der Waals surface area contributed by atoms with E-state index in [-0.39, 0.29) is 0 Å². The van der Waals surface area contributed by atoms with E-state index in [4.69, 9.17) is 10.00 Å². The molecular formula is C14H17N3O. The summed E-state index contributed by atoms with van der Waals surface area (Å²) < 4.78 is 5.59. The van der Waals surface area contributed by atoms with Crippen molar-refractivity contribution in [2.45, 2.75) is 32.6 Å². The minimum atomic E-state index is 0.535. The molecule has 1 N–H and O–H groups in total. The summed E-state index contributed by atoms with van der Waals surface area (Å²) in [5, 5.41) is 8.44. The van der Waals surface area contributed by atoms with Crippen molar-refractivity contribution in [2.24, 2.45) is 0 Å². The maximum atomic E-state index is 8.44. The van der Waals surface area contributed by atoms with Gasteiger partial charge in [0.1, 0.15) is 11.6 Å². The highest BCUT2D eigenvalue weighted by molar-refractivity contribution is 5.76. The molecule has 0 unspecified atom stereocenters. The van der Waals surface area contributed by atoms with Crippen LogP contribution in [-0.2, 0) is 6.42 Å². The van der Waals surface area contributed by atoms with Gasteiger partial charge in [-0.15, -0.1) is 0 Å². The number of H-pyrrole nitrogens is 1. The fourth-order valence-electron chi connectivity index (χ4n) is 1.83. The normalized spacial score (nSPS) is 10.4. The van der Waals surface area contributed by atoms with Crippen molar-refractivity contribution in [3.8, 4) is 11.8 Å². The number of hydrogen-bond acceptors (Lipinski definition) is 3. The number of nitriles is 1. The molecule has 4 heteroatoms. The number of nitrogens with one attached hydrogen (secondary N) is 1. The van der Waals surface area contributed by atoms with Gasteiger partial charge in [-0.05, 0) is 25.0 Å². The zero-order valence-corrected chi connectivity index (χ0v) is 10.6. The van der Waals surface area contributed by atoms with Gasteiger partial charge in [0, 0.05) is 18.9 Å². The lowest BCUT2D eigenvalue weighted by molar-refractivity contribution is 0.313. The summed E-state index contributed by atoms with van der Waals surface area (Å²) in [5.41, 5.74) is 1.99. The first kappa shape index (κ1) is 12.4. The number of benzene rings is 1. The van der Waals surface area contributed by atoms with Gasteiger partial charge < -0.3 is 9.72 Å². The number of hydrogen-bond donors (Lipinski definition) is 1. The molecule has 4 nitrogen and oxygen atoms in total. The van der Waals surface area contributed by atoms with Crippen LogP contribution in [0.1, 0.15) is 32.0 Å². The van der Waals surface area contributed by atoms with E-state index in [0.717, 1.165) is 41.9 Å². The number of imidazole rings is 1. The van der Waals surface area contributed by atoms with Crippen molar-refractivity contribution in [1.82, 2.24) is 9.97 Å². The van der Waals surface area contributed by atoms with E-state index >= 15 is 0 Å². The molecule has 2 rings (SSSR count). The van der Waals surface area contributed by atoms with Gasteiger partial charge in [-0.2, -0.15) is 5.26 Å². The molecule has 0 spiro atoms. The topological polar surface area (TPSA) is 61.7 Å². The number of nitrogens with zero attached hydrogens (tertiary/aromatic N) is 2. The van der Waals surface area contributed by atoms with Crippen LogP contribution >= 0.6 is 0 Å². The monoisotopic (exact) mass is 243 g/mol. The van der Waals surface area contributed by atoms with Crippen molar-refractivity contribution in [3.63, 3.8) is 0 Å². The number of unbranched alkanes of at least 4 members (excludes halogenated alkanes) is 1. The molecule has 0 aliphatic rings. The predicted octanol–water partition coefficient (Wildman–Crippen LogP) is 3.20. The zero-order chi connectivity index (χ0) is 12.8. The van der Waals surface area contributed by atoms with Crippen LogP contribution in [0.3, 0.4) is 0 Å².